The van der Waals surface area contributed by atoms with Crippen LogP contribution in [0.25, 0.3) is 0 Å². The molecule has 28 heavy (non-hydrogen) atoms. The molecule has 0 radical (unpaired) electrons. The monoisotopic (exact) mass is 388 g/mol. The van der Waals surface area contributed by atoms with Crippen LogP contribution in [0, 0.1) is 0 Å². The standard InChI is InChI=1S/C21H32N4O3/c1-6-16(7-2)18-12-17(28-25-18)14-24-21(22-4)23-13-15-9-10-19(26-5)20(11-15)27-8-3/h9-12,16H,6-8,13-14H2,1-5H3,(H2,22,23,24). The summed E-state index contributed by atoms with van der Waals surface area (Å²) in [5.74, 6) is 3.40. The number of ether oxygens (including phenoxy) is 2. The second-order valence-corrected chi connectivity index (χ2v) is 6.43. The minimum absolute atomic E-state index is 0.449. The van der Waals surface area contributed by atoms with Gasteiger partial charge in [0.1, 0.15) is 0 Å². The van der Waals surface area contributed by atoms with Crippen molar-refractivity contribution in [3.63, 3.8) is 0 Å². The molecule has 1 aromatic carbocycles. The van der Waals surface area contributed by atoms with Gasteiger partial charge in [0.25, 0.3) is 0 Å². The van der Waals surface area contributed by atoms with Gasteiger partial charge in [-0.2, -0.15) is 0 Å². The average molecular weight is 389 g/mol. The number of aromatic nitrogens is 1. The second kappa shape index (κ2) is 11.2. The van der Waals surface area contributed by atoms with Gasteiger partial charge in [-0.05, 0) is 37.5 Å². The molecule has 1 heterocycles. The number of guanidine groups is 1. The van der Waals surface area contributed by atoms with E-state index < -0.39 is 0 Å². The second-order valence-electron chi connectivity index (χ2n) is 6.43. The molecule has 0 atom stereocenters. The first-order valence-electron chi connectivity index (χ1n) is 9.84. The van der Waals surface area contributed by atoms with Crippen LogP contribution in [0.1, 0.15) is 56.5 Å². The van der Waals surface area contributed by atoms with E-state index in [0.717, 1.165) is 41.4 Å². The Morgan fingerprint density at radius 3 is 2.50 bits per heavy atom. The van der Waals surface area contributed by atoms with Crippen LogP contribution in [-0.2, 0) is 13.1 Å². The normalized spacial score (nSPS) is 11.6. The molecule has 2 N–H and O–H groups in total. The summed E-state index contributed by atoms with van der Waals surface area (Å²) in [7, 11) is 3.38. The highest BCUT2D eigenvalue weighted by Gasteiger charge is 2.13. The average Bonchev–Trinajstić information content (AvgIpc) is 3.18. The van der Waals surface area contributed by atoms with Crippen molar-refractivity contribution >= 4 is 5.96 Å². The molecule has 0 saturated heterocycles. The molecule has 0 fully saturated rings. The van der Waals surface area contributed by atoms with Gasteiger partial charge in [0.2, 0.25) is 0 Å². The zero-order valence-corrected chi connectivity index (χ0v) is 17.5. The van der Waals surface area contributed by atoms with E-state index in [9.17, 15) is 0 Å². The molecule has 154 valence electrons. The van der Waals surface area contributed by atoms with Crippen molar-refractivity contribution in [3.8, 4) is 11.5 Å². The quantitative estimate of drug-likeness (QED) is 0.475. The summed E-state index contributed by atoms with van der Waals surface area (Å²) in [5.41, 5.74) is 2.09. The Kier molecular flexibility index (Phi) is 8.65. The third-order valence-corrected chi connectivity index (χ3v) is 4.62. The molecule has 2 aromatic rings. The highest BCUT2D eigenvalue weighted by Crippen LogP contribution is 2.28. The minimum Gasteiger partial charge on any atom is -0.493 e. The van der Waals surface area contributed by atoms with E-state index in [1.807, 2.05) is 31.2 Å². The number of aliphatic imine (C=N–C) groups is 1. The summed E-state index contributed by atoms with van der Waals surface area (Å²) in [6.07, 6.45) is 2.12. The van der Waals surface area contributed by atoms with Gasteiger partial charge in [0.15, 0.2) is 23.2 Å². The van der Waals surface area contributed by atoms with Crippen molar-refractivity contribution in [2.24, 2.45) is 4.99 Å². The number of hydrogen-bond acceptors (Lipinski definition) is 5. The fraction of sp³-hybridized carbons (Fsp3) is 0.524. The van der Waals surface area contributed by atoms with E-state index in [1.54, 1.807) is 14.2 Å². The van der Waals surface area contributed by atoms with Gasteiger partial charge in [0.05, 0.1) is 26.0 Å². The van der Waals surface area contributed by atoms with Crippen molar-refractivity contribution in [3.05, 3.63) is 41.3 Å². The summed E-state index contributed by atoms with van der Waals surface area (Å²) in [5, 5.41) is 10.7. The fourth-order valence-electron chi connectivity index (χ4n) is 2.99. The van der Waals surface area contributed by atoms with E-state index in [2.05, 4.69) is 34.6 Å². The fourth-order valence-corrected chi connectivity index (χ4v) is 2.99. The molecule has 0 unspecified atom stereocenters. The van der Waals surface area contributed by atoms with Crippen LogP contribution < -0.4 is 20.1 Å². The van der Waals surface area contributed by atoms with Crippen LogP contribution in [0.5, 0.6) is 11.5 Å². The van der Waals surface area contributed by atoms with E-state index in [0.29, 0.717) is 31.6 Å². The van der Waals surface area contributed by atoms with Crippen molar-refractivity contribution in [2.75, 3.05) is 20.8 Å². The predicted octanol–water partition coefficient (Wildman–Crippen LogP) is 3.85. The van der Waals surface area contributed by atoms with E-state index in [1.165, 1.54) is 0 Å². The number of methoxy groups -OCH3 is 1. The Bertz CT molecular complexity index is 754. The molecule has 0 saturated carbocycles. The number of hydrogen-bond donors (Lipinski definition) is 2. The summed E-state index contributed by atoms with van der Waals surface area (Å²) in [4.78, 5) is 4.26. The van der Waals surface area contributed by atoms with Crippen molar-refractivity contribution in [1.29, 1.82) is 0 Å². The lowest BCUT2D eigenvalue weighted by Gasteiger charge is -2.13. The first-order chi connectivity index (χ1) is 13.6. The third-order valence-electron chi connectivity index (χ3n) is 4.62. The topological polar surface area (TPSA) is 80.9 Å². The van der Waals surface area contributed by atoms with Gasteiger partial charge < -0.3 is 24.6 Å². The van der Waals surface area contributed by atoms with Gasteiger partial charge in [-0.25, -0.2) is 0 Å². The number of nitrogens with zero attached hydrogens (tertiary/aromatic N) is 2. The molecule has 0 aliphatic heterocycles. The molecule has 2 rings (SSSR count). The summed E-state index contributed by atoms with van der Waals surface area (Å²) in [6, 6.07) is 7.91. The van der Waals surface area contributed by atoms with Crippen molar-refractivity contribution in [1.82, 2.24) is 15.8 Å². The van der Waals surface area contributed by atoms with Crippen LogP contribution >= 0.6 is 0 Å². The van der Waals surface area contributed by atoms with Crippen LogP contribution in [-0.4, -0.2) is 31.9 Å². The maximum atomic E-state index is 5.63. The highest BCUT2D eigenvalue weighted by atomic mass is 16.5. The number of nitrogens with one attached hydrogen (secondary N) is 2. The molecule has 0 spiro atoms. The maximum absolute atomic E-state index is 5.63. The van der Waals surface area contributed by atoms with Crippen LogP contribution in [0.4, 0.5) is 0 Å². The van der Waals surface area contributed by atoms with Crippen LogP contribution in [0.2, 0.25) is 0 Å². The molecular weight excluding hydrogens is 356 g/mol. The Morgan fingerprint density at radius 1 is 1.11 bits per heavy atom. The summed E-state index contributed by atoms with van der Waals surface area (Å²) < 4.78 is 16.4. The Balaban J connectivity index is 1.90. The largest absolute Gasteiger partial charge is 0.493 e. The SMILES string of the molecule is CCOc1cc(CNC(=NC)NCc2cc(C(CC)CC)no2)ccc1OC. The van der Waals surface area contributed by atoms with E-state index in [4.69, 9.17) is 14.0 Å². The first kappa shape index (κ1) is 21.6. The molecule has 7 heteroatoms. The summed E-state index contributed by atoms with van der Waals surface area (Å²) >= 11 is 0. The molecule has 0 aliphatic rings. The number of rotatable bonds is 10. The van der Waals surface area contributed by atoms with Gasteiger partial charge in [0, 0.05) is 25.6 Å². The van der Waals surface area contributed by atoms with Crippen LogP contribution in [0.15, 0.2) is 33.8 Å². The molecule has 0 bridgehead atoms. The van der Waals surface area contributed by atoms with Gasteiger partial charge >= 0.3 is 0 Å². The maximum Gasteiger partial charge on any atom is 0.191 e. The smallest absolute Gasteiger partial charge is 0.191 e. The Labute approximate surface area is 167 Å². The third kappa shape index (κ3) is 5.90. The molecule has 1 aromatic heterocycles. The van der Waals surface area contributed by atoms with E-state index in [-0.39, 0.29) is 0 Å². The van der Waals surface area contributed by atoms with Gasteiger partial charge in [-0.15, -0.1) is 0 Å². The predicted molar refractivity (Wildman–Crippen MR) is 111 cm³/mol. The molecule has 7 nitrogen and oxygen atoms in total. The van der Waals surface area contributed by atoms with Crippen molar-refractivity contribution < 1.29 is 14.0 Å². The zero-order valence-electron chi connectivity index (χ0n) is 17.5. The lowest BCUT2D eigenvalue weighted by atomic mass is 9.99. The zero-order chi connectivity index (χ0) is 20.4. The van der Waals surface area contributed by atoms with E-state index >= 15 is 0 Å². The Hall–Kier alpha value is -2.70. The van der Waals surface area contributed by atoms with Crippen LogP contribution in [0.3, 0.4) is 0 Å². The molecule has 0 amide bonds. The molecular formula is C21H32N4O3. The minimum atomic E-state index is 0.449. The Morgan fingerprint density at radius 2 is 1.86 bits per heavy atom. The summed E-state index contributed by atoms with van der Waals surface area (Å²) in [6.45, 7) is 8.02. The van der Waals surface area contributed by atoms with Gasteiger partial charge in [-0.1, -0.05) is 25.1 Å². The molecule has 0 aliphatic carbocycles. The van der Waals surface area contributed by atoms with Gasteiger partial charge in [-0.3, -0.25) is 4.99 Å². The lowest BCUT2D eigenvalue weighted by molar-refractivity contribution is 0.310. The highest BCUT2D eigenvalue weighted by molar-refractivity contribution is 5.79. The first-order valence-corrected chi connectivity index (χ1v) is 9.84. The van der Waals surface area contributed by atoms with Crippen molar-refractivity contribution in [2.45, 2.75) is 52.6 Å². The lowest BCUT2D eigenvalue weighted by Crippen LogP contribution is -2.36. The number of benzene rings is 1.